The second kappa shape index (κ2) is 7.08. The number of piperidine rings is 1. The van der Waals surface area contributed by atoms with Crippen molar-refractivity contribution in [1.82, 2.24) is 10.2 Å². The summed E-state index contributed by atoms with van der Waals surface area (Å²) in [7, 11) is 0. The van der Waals surface area contributed by atoms with Gasteiger partial charge >= 0.3 is 0 Å². The zero-order valence-corrected chi connectivity index (χ0v) is 13.9. The van der Waals surface area contributed by atoms with E-state index in [0.29, 0.717) is 25.6 Å². The molecule has 1 aromatic carbocycles. The molecule has 2 fully saturated rings. The fraction of sp³-hybridized carbons (Fsp3) is 0.529. The molecule has 1 heterocycles. The number of nitro groups is 1. The number of nitro benzene ring substituents is 1. The maximum atomic E-state index is 12.7. The summed E-state index contributed by atoms with van der Waals surface area (Å²) in [5.74, 6) is 0.0799. The Kier molecular flexibility index (Phi) is 4.87. The standard InChI is InChI=1S/C17H22N4O4/c18-14-6-5-12(8-15(14)21(24)25)17(23)20-7-1-2-13(10-20)16(22)19-9-11-3-4-11/h5-6,8,11,13H,1-4,7,9-10,18H2,(H,19,22). The van der Waals surface area contributed by atoms with Gasteiger partial charge in [-0.1, -0.05) is 0 Å². The number of anilines is 1. The lowest BCUT2D eigenvalue weighted by Crippen LogP contribution is -2.45. The van der Waals surface area contributed by atoms with Crippen molar-refractivity contribution in [1.29, 1.82) is 0 Å². The number of carbonyl (C=O) groups is 2. The smallest absolute Gasteiger partial charge is 0.292 e. The highest BCUT2D eigenvalue weighted by molar-refractivity contribution is 5.96. The van der Waals surface area contributed by atoms with Crippen molar-refractivity contribution in [2.75, 3.05) is 25.4 Å². The first-order valence-electron chi connectivity index (χ1n) is 8.56. The third-order valence-electron chi connectivity index (χ3n) is 4.82. The van der Waals surface area contributed by atoms with Crippen molar-refractivity contribution >= 4 is 23.2 Å². The van der Waals surface area contributed by atoms with E-state index in [2.05, 4.69) is 5.32 Å². The molecule has 3 rings (SSSR count). The Balaban J connectivity index is 1.66. The second-order valence-electron chi connectivity index (χ2n) is 6.81. The molecule has 1 aromatic rings. The van der Waals surface area contributed by atoms with Gasteiger partial charge in [0, 0.05) is 31.3 Å². The van der Waals surface area contributed by atoms with Gasteiger partial charge in [-0.25, -0.2) is 0 Å². The lowest BCUT2D eigenvalue weighted by Gasteiger charge is -2.32. The molecule has 0 radical (unpaired) electrons. The zero-order valence-electron chi connectivity index (χ0n) is 13.9. The van der Waals surface area contributed by atoms with Crippen molar-refractivity contribution < 1.29 is 14.5 Å². The van der Waals surface area contributed by atoms with Crippen LogP contribution in [0.15, 0.2) is 18.2 Å². The summed E-state index contributed by atoms with van der Waals surface area (Å²) < 4.78 is 0. The van der Waals surface area contributed by atoms with Crippen LogP contribution < -0.4 is 11.1 Å². The van der Waals surface area contributed by atoms with Crippen LogP contribution in [-0.4, -0.2) is 41.3 Å². The molecule has 134 valence electrons. The molecule has 1 atom stereocenters. The Bertz CT molecular complexity index is 702. The maximum absolute atomic E-state index is 12.7. The molecule has 0 spiro atoms. The minimum Gasteiger partial charge on any atom is -0.393 e. The van der Waals surface area contributed by atoms with Gasteiger partial charge in [-0.15, -0.1) is 0 Å². The molecule has 2 aliphatic rings. The van der Waals surface area contributed by atoms with Gasteiger partial charge in [-0.3, -0.25) is 19.7 Å². The minimum atomic E-state index is -0.601. The summed E-state index contributed by atoms with van der Waals surface area (Å²) in [6, 6.07) is 4.06. The monoisotopic (exact) mass is 346 g/mol. The van der Waals surface area contributed by atoms with Crippen LogP contribution in [0.1, 0.15) is 36.0 Å². The van der Waals surface area contributed by atoms with E-state index in [9.17, 15) is 19.7 Å². The average molecular weight is 346 g/mol. The van der Waals surface area contributed by atoms with Gasteiger partial charge in [0.15, 0.2) is 0 Å². The fourth-order valence-electron chi connectivity index (χ4n) is 3.10. The van der Waals surface area contributed by atoms with Crippen molar-refractivity contribution in [2.45, 2.75) is 25.7 Å². The maximum Gasteiger partial charge on any atom is 0.292 e. The van der Waals surface area contributed by atoms with Gasteiger partial charge in [-0.05, 0) is 43.7 Å². The van der Waals surface area contributed by atoms with Gasteiger partial charge in [0.1, 0.15) is 5.69 Å². The van der Waals surface area contributed by atoms with E-state index in [-0.39, 0.29) is 34.7 Å². The van der Waals surface area contributed by atoms with E-state index in [0.717, 1.165) is 12.8 Å². The number of benzene rings is 1. The van der Waals surface area contributed by atoms with Crippen LogP contribution in [0.3, 0.4) is 0 Å². The van der Waals surface area contributed by atoms with Crippen LogP contribution in [0.2, 0.25) is 0 Å². The first-order chi connectivity index (χ1) is 12.0. The van der Waals surface area contributed by atoms with Gasteiger partial charge in [0.05, 0.1) is 10.8 Å². The van der Waals surface area contributed by atoms with Gasteiger partial charge < -0.3 is 16.0 Å². The van der Waals surface area contributed by atoms with E-state index >= 15 is 0 Å². The lowest BCUT2D eigenvalue weighted by molar-refractivity contribution is -0.383. The third kappa shape index (κ3) is 4.07. The first kappa shape index (κ1) is 17.2. The number of likely N-dealkylation sites (tertiary alicyclic amines) is 1. The minimum absolute atomic E-state index is 0.00677. The van der Waals surface area contributed by atoms with Crippen molar-refractivity contribution in [2.24, 2.45) is 11.8 Å². The van der Waals surface area contributed by atoms with Crippen LogP contribution in [0.4, 0.5) is 11.4 Å². The molecule has 8 heteroatoms. The van der Waals surface area contributed by atoms with Gasteiger partial charge in [0.2, 0.25) is 5.91 Å². The summed E-state index contributed by atoms with van der Waals surface area (Å²) in [5, 5.41) is 14.0. The van der Waals surface area contributed by atoms with E-state index < -0.39 is 4.92 Å². The Morgan fingerprint density at radius 1 is 1.32 bits per heavy atom. The number of nitrogen functional groups attached to an aromatic ring is 1. The molecule has 1 saturated carbocycles. The number of amides is 2. The number of carbonyl (C=O) groups excluding carboxylic acids is 2. The molecule has 0 aromatic heterocycles. The topological polar surface area (TPSA) is 119 Å². The molecule has 3 N–H and O–H groups in total. The number of rotatable bonds is 5. The molecule has 0 bridgehead atoms. The highest BCUT2D eigenvalue weighted by Gasteiger charge is 2.30. The molecule has 1 unspecified atom stereocenters. The molecule has 1 aliphatic carbocycles. The Morgan fingerprint density at radius 2 is 2.08 bits per heavy atom. The summed E-state index contributed by atoms with van der Waals surface area (Å²) in [6.45, 7) is 1.60. The average Bonchev–Trinajstić information content (AvgIpc) is 3.43. The number of nitrogens with zero attached hydrogens (tertiary/aromatic N) is 2. The summed E-state index contributed by atoms with van der Waals surface area (Å²) in [5.41, 5.74) is 5.55. The second-order valence-corrected chi connectivity index (χ2v) is 6.81. The molecular formula is C17H22N4O4. The van der Waals surface area contributed by atoms with Gasteiger partial charge in [-0.2, -0.15) is 0 Å². The molecule has 8 nitrogen and oxygen atoms in total. The fourth-order valence-corrected chi connectivity index (χ4v) is 3.10. The van der Waals surface area contributed by atoms with Crippen molar-refractivity contribution in [3.8, 4) is 0 Å². The van der Waals surface area contributed by atoms with Crippen LogP contribution >= 0.6 is 0 Å². The predicted octanol–water partition coefficient (Wildman–Crippen LogP) is 1.56. The molecular weight excluding hydrogens is 324 g/mol. The zero-order chi connectivity index (χ0) is 18.0. The molecule has 1 saturated heterocycles. The first-order valence-corrected chi connectivity index (χ1v) is 8.56. The Hall–Kier alpha value is -2.64. The Labute approximate surface area is 145 Å². The predicted molar refractivity (Wildman–Crippen MR) is 91.9 cm³/mol. The lowest BCUT2D eigenvalue weighted by atomic mass is 9.96. The van der Waals surface area contributed by atoms with Gasteiger partial charge in [0.25, 0.3) is 11.6 Å². The largest absolute Gasteiger partial charge is 0.393 e. The number of nitrogens with two attached hydrogens (primary N) is 1. The van der Waals surface area contributed by atoms with Crippen molar-refractivity contribution in [3.63, 3.8) is 0 Å². The van der Waals surface area contributed by atoms with Crippen LogP contribution in [0.5, 0.6) is 0 Å². The highest BCUT2D eigenvalue weighted by atomic mass is 16.6. The number of hydrogen-bond acceptors (Lipinski definition) is 5. The van der Waals surface area contributed by atoms with E-state index in [4.69, 9.17) is 5.73 Å². The van der Waals surface area contributed by atoms with Crippen LogP contribution in [0, 0.1) is 22.0 Å². The molecule has 2 amide bonds. The third-order valence-corrected chi connectivity index (χ3v) is 4.82. The highest BCUT2D eigenvalue weighted by Crippen LogP contribution is 2.28. The van der Waals surface area contributed by atoms with E-state index in [1.807, 2.05) is 0 Å². The van der Waals surface area contributed by atoms with Crippen LogP contribution in [0.25, 0.3) is 0 Å². The number of hydrogen-bond donors (Lipinski definition) is 2. The summed E-state index contributed by atoms with van der Waals surface area (Å²) >= 11 is 0. The Morgan fingerprint density at radius 3 is 2.76 bits per heavy atom. The molecule has 25 heavy (non-hydrogen) atoms. The number of nitrogens with one attached hydrogen (secondary N) is 1. The van der Waals surface area contributed by atoms with E-state index in [1.165, 1.54) is 31.0 Å². The summed E-state index contributed by atoms with van der Waals surface area (Å²) in [4.78, 5) is 36.9. The van der Waals surface area contributed by atoms with E-state index in [1.54, 1.807) is 4.90 Å². The van der Waals surface area contributed by atoms with Crippen LogP contribution in [-0.2, 0) is 4.79 Å². The molecule has 1 aliphatic heterocycles. The quantitative estimate of drug-likeness (QED) is 0.476. The van der Waals surface area contributed by atoms with Crippen molar-refractivity contribution in [3.05, 3.63) is 33.9 Å². The normalized spacial score (nSPS) is 20.2. The summed E-state index contributed by atoms with van der Waals surface area (Å²) in [6.07, 6.45) is 3.84. The SMILES string of the molecule is Nc1ccc(C(=O)N2CCCC(C(=O)NCC3CC3)C2)cc1[N+](=O)[O-].